The van der Waals surface area contributed by atoms with E-state index >= 15 is 0 Å². The van der Waals surface area contributed by atoms with E-state index in [2.05, 4.69) is 10.1 Å². The van der Waals surface area contributed by atoms with Crippen molar-refractivity contribution in [1.82, 2.24) is 15.0 Å². The Morgan fingerprint density at radius 2 is 2.04 bits per heavy atom. The molecule has 0 saturated carbocycles. The normalized spacial score (nSPS) is 16.9. The molecule has 2 aromatic carbocycles. The van der Waals surface area contributed by atoms with Gasteiger partial charge in [0.05, 0.1) is 5.92 Å². The molecule has 0 aliphatic carbocycles. The number of amides is 1. The van der Waals surface area contributed by atoms with E-state index in [1.54, 1.807) is 0 Å². The molecule has 138 valence electrons. The van der Waals surface area contributed by atoms with E-state index in [1.165, 1.54) is 17.0 Å². The predicted molar refractivity (Wildman–Crippen MR) is 93.6 cm³/mol. The summed E-state index contributed by atoms with van der Waals surface area (Å²) in [4.78, 5) is 18.3. The van der Waals surface area contributed by atoms with Crippen LogP contribution in [0.4, 0.5) is 8.78 Å². The Morgan fingerprint density at radius 1 is 1.22 bits per heavy atom. The number of carbonyl (C=O) groups is 1. The SMILES string of the molecule is Cc1ccccc1-c1noc(C2CC(=O)N(Cc3ccc(F)cc3F)C2)n1. The summed E-state index contributed by atoms with van der Waals surface area (Å²) in [5, 5.41) is 4.03. The molecule has 1 saturated heterocycles. The highest BCUT2D eigenvalue weighted by Gasteiger charge is 2.34. The summed E-state index contributed by atoms with van der Waals surface area (Å²) >= 11 is 0. The molecule has 7 heteroatoms. The van der Waals surface area contributed by atoms with Gasteiger partial charge in [0.15, 0.2) is 0 Å². The Kier molecular flexibility index (Phi) is 4.43. The zero-order valence-corrected chi connectivity index (χ0v) is 14.7. The zero-order chi connectivity index (χ0) is 19.0. The van der Waals surface area contributed by atoms with Crippen molar-refractivity contribution in [2.24, 2.45) is 0 Å². The van der Waals surface area contributed by atoms with E-state index in [1.807, 2.05) is 31.2 Å². The van der Waals surface area contributed by atoms with Crippen LogP contribution in [-0.4, -0.2) is 27.5 Å². The van der Waals surface area contributed by atoms with Crippen molar-refractivity contribution in [3.63, 3.8) is 0 Å². The molecule has 3 aromatic rings. The van der Waals surface area contributed by atoms with Gasteiger partial charge in [-0.05, 0) is 18.6 Å². The molecule has 1 aliphatic heterocycles. The second kappa shape index (κ2) is 6.90. The third-order valence-corrected chi connectivity index (χ3v) is 4.77. The molecule has 1 aliphatic rings. The van der Waals surface area contributed by atoms with Crippen molar-refractivity contribution in [3.8, 4) is 11.4 Å². The van der Waals surface area contributed by atoms with Gasteiger partial charge in [0.25, 0.3) is 0 Å². The number of aromatic nitrogens is 2. The van der Waals surface area contributed by atoms with Gasteiger partial charge in [-0.15, -0.1) is 0 Å². The third kappa shape index (κ3) is 3.45. The van der Waals surface area contributed by atoms with Gasteiger partial charge in [0, 0.05) is 36.7 Å². The topological polar surface area (TPSA) is 59.2 Å². The molecule has 2 heterocycles. The zero-order valence-electron chi connectivity index (χ0n) is 14.7. The molecular formula is C20H17F2N3O2. The fourth-order valence-electron chi connectivity index (χ4n) is 3.28. The maximum absolute atomic E-state index is 13.9. The molecule has 5 nitrogen and oxygen atoms in total. The van der Waals surface area contributed by atoms with Crippen molar-refractivity contribution in [1.29, 1.82) is 0 Å². The number of aryl methyl sites for hydroxylation is 1. The number of carbonyl (C=O) groups excluding carboxylic acids is 1. The van der Waals surface area contributed by atoms with E-state index in [9.17, 15) is 13.6 Å². The van der Waals surface area contributed by atoms with Gasteiger partial charge in [-0.3, -0.25) is 4.79 Å². The van der Waals surface area contributed by atoms with E-state index in [-0.39, 0.29) is 30.4 Å². The predicted octanol–water partition coefficient (Wildman–Crippen LogP) is 3.84. The van der Waals surface area contributed by atoms with E-state index < -0.39 is 11.6 Å². The minimum Gasteiger partial charge on any atom is -0.339 e. The van der Waals surface area contributed by atoms with E-state index in [4.69, 9.17) is 4.52 Å². The second-order valence-electron chi connectivity index (χ2n) is 6.68. The number of nitrogens with zero attached hydrogens (tertiary/aromatic N) is 3. The first-order valence-corrected chi connectivity index (χ1v) is 8.62. The van der Waals surface area contributed by atoms with Gasteiger partial charge < -0.3 is 9.42 Å². The van der Waals surface area contributed by atoms with Crippen LogP contribution in [0.25, 0.3) is 11.4 Å². The van der Waals surface area contributed by atoms with Gasteiger partial charge in [0.1, 0.15) is 11.6 Å². The van der Waals surface area contributed by atoms with Crippen molar-refractivity contribution < 1.29 is 18.1 Å². The molecule has 1 unspecified atom stereocenters. The molecule has 1 aromatic heterocycles. The summed E-state index contributed by atoms with van der Waals surface area (Å²) in [6, 6.07) is 11.1. The lowest BCUT2D eigenvalue weighted by atomic mass is 10.1. The summed E-state index contributed by atoms with van der Waals surface area (Å²) < 4.78 is 32.3. The molecule has 0 radical (unpaired) electrons. The van der Waals surface area contributed by atoms with Gasteiger partial charge >= 0.3 is 0 Å². The Bertz CT molecular complexity index is 1000. The molecular weight excluding hydrogens is 352 g/mol. The van der Waals surface area contributed by atoms with Crippen LogP contribution in [0.5, 0.6) is 0 Å². The maximum Gasteiger partial charge on any atom is 0.232 e. The van der Waals surface area contributed by atoms with E-state index in [0.717, 1.165) is 17.2 Å². The molecule has 1 amide bonds. The highest BCUT2D eigenvalue weighted by Crippen LogP contribution is 2.30. The van der Waals surface area contributed by atoms with Crippen LogP contribution in [0.1, 0.15) is 29.4 Å². The Balaban J connectivity index is 1.50. The van der Waals surface area contributed by atoms with Gasteiger partial charge in [-0.25, -0.2) is 8.78 Å². The summed E-state index contributed by atoms with van der Waals surface area (Å²) in [6.07, 6.45) is 0.220. The van der Waals surface area contributed by atoms with E-state index in [0.29, 0.717) is 18.3 Å². The lowest BCUT2D eigenvalue weighted by Gasteiger charge is -2.16. The molecule has 27 heavy (non-hydrogen) atoms. The molecule has 1 fully saturated rings. The summed E-state index contributed by atoms with van der Waals surface area (Å²) in [7, 11) is 0. The van der Waals surface area contributed by atoms with Crippen LogP contribution in [0, 0.1) is 18.6 Å². The average Bonchev–Trinajstić information content (AvgIpc) is 3.25. The number of likely N-dealkylation sites (tertiary alicyclic amines) is 1. The first-order valence-electron chi connectivity index (χ1n) is 8.62. The number of benzene rings is 2. The Labute approximate surface area is 154 Å². The summed E-state index contributed by atoms with van der Waals surface area (Å²) in [6.45, 7) is 2.40. The van der Waals surface area contributed by atoms with Crippen molar-refractivity contribution >= 4 is 5.91 Å². The lowest BCUT2D eigenvalue weighted by molar-refractivity contribution is -0.128. The largest absolute Gasteiger partial charge is 0.339 e. The molecule has 0 N–H and O–H groups in total. The summed E-state index contributed by atoms with van der Waals surface area (Å²) in [5.74, 6) is -0.796. The van der Waals surface area contributed by atoms with Crippen molar-refractivity contribution in [2.75, 3.05) is 6.54 Å². The molecule has 0 bridgehead atoms. The first kappa shape index (κ1) is 17.3. The highest BCUT2D eigenvalue weighted by molar-refractivity contribution is 5.79. The highest BCUT2D eigenvalue weighted by atomic mass is 19.1. The lowest BCUT2D eigenvalue weighted by Crippen LogP contribution is -2.25. The minimum absolute atomic E-state index is 0.0836. The first-order chi connectivity index (χ1) is 13.0. The summed E-state index contributed by atoms with van der Waals surface area (Å²) in [5.41, 5.74) is 2.18. The quantitative estimate of drug-likeness (QED) is 0.701. The van der Waals surface area contributed by atoms with Crippen LogP contribution >= 0.6 is 0 Å². The van der Waals surface area contributed by atoms with Gasteiger partial charge in [0.2, 0.25) is 17.6 Å². The van der Waals surface area contributed by atoms with Crippen molar-refractivity contribution in [3.05, 3.63) is 71.1 Å². The second-order valence-corrected chi connectivity index (χ2v) is 6.68. The van der Waals surface area contributed by atoms with Crippen LogP contribution in [0.15, 0.2) is 47.0 Å². The fraction of sp³-hybridized carbons (Fsp3) is 0.250. The van der Waals surface area contributed by atoms with Gasteiger partial charge in [-0.2, -0.15) is 4.98 Å². The van der Waals surface area contributed by atoms with Crippen LogP contribution < -0.4 is 0 Å². The fourth-order valence-corrected chi connectivity index (χ4v) is 3.28. The molecule has 4 rings (SSSR count). The van der Waals surface area contributed by atoms with Gasteiger partial charge in [-0.1, -0.05) is 35.5 Å². The van der Waals surface area contributed by atoms with Crippen molar-refractivity contribution in [2.45, 2.75) is 25.8 Å². The Hall–Kier alpha value is -3.09. The minimum atomic E-state index is -0.661. The number of hydrogen-bond acceptors (Lipinski definition) is 4. The maximum atomic E-state index is 13.9. The molecule has 0 spiro atoms. The number of halogens is 2. The standard InChI is InChI=1S/C20H17F2N3O2/c1-12-4-2-3-5-16(12)19-23-20(27-24-19)14-8-18(26)25(11-14)10-13-6-7-15(21)9-17(13)22/h2-7,9,14H,8,10-11H2,1H3. The smallest absolute Gasteiger partial charge is 0.232 e. The van der Waals surface area contributed by atoms with Crippen LogP contribution in [0.2, 0.25) is 0 Å². The molecule has 1 atom stereocenters. The average molecular weight is 369 g/mol. The van der Waals surface area contributed by atoms with Crippen LogP contribution in [0.3, 0.4) is 0 Å². The number of hydrogen-bond donors (Lipinski definition) is 0. The Morgan fingerprint density at radius 3 is 2.81 bits per heavy atom. The van der Waals surface area contributed by atoms with Crippen LogP contribution in [-0.2, 0) is 11.3 Å². The third-order valence-electron chi connectivity index (χ3n) is 4.77. The monoisotopic (exact) mass is 369 g/mol. The number of rotatable bonds is 4.